The number of nitrogens with one attached hydrogen (secondary N) is 1. The van der Waals surface area contributed by atoms with Crippen molar-refractivity contribution in [2.24, 2.45) is 0 Å². The first kappa shape index (κ1) is 22.5. The summed E-state index contributed by atoms with van der Waals surface area (Å²) in [6, 6.07) is 8.74. The summed E-state index contributed by atoms with van der Waals surface area (Å²) < 4.78 is 37.5. The number of methoxy groups -OCH3 is 2. The van der Waals surface area contributed by atoms with Crippen molar-refractivity contribution in [2.45, 2.75) is 13.0 Å². The van der Waals surface area contributed by atoms with Gasteiger partial charge in [0.25, 0.3) is 11.6 Å². The highest BCUT2D eigenvalue weighted by atomic mass is 32.2. The Balaban J connectivity index is 1.60. The minimum atomic E-state index is -3.60. The van der Waals surface area contributed by atoms with Gasteiger partial charge in [0.1, 0.15) is 0 Å². The number of nitro benzene ring substituents is 1. The number of non-ortho nitro benzene ring substituents is 1. The quantitative estimate of drug-likeness (QED) is 0.480. The van der Waals surface area contributed by atoms with Crippen LogP contribution in [0.15, 0.2) is 36.4 Å². The predicted octanol–water partition coefficient (Wildman–Crippen LogP) is 1.73. The van der Waals surface area contributed by atoms with Crippen molar-refractivity contribution >= 4 is 21.6 Å². The monoisotopic (exact) mass is 449 g/mol. The number of nitro groups is 1. The van der Waals surface area contributed by atoms with Gasteiger partial charge in [0, 0.05) is 37.3 Å². The van der Waals surface area contributed by atoms with Crippen LogP contribution in [0, 0.1) is 10.1 Å². The zero-order valence-electron chi connectivity index (χ0n) is 17.2. The van der Waals surface area contributed by atoms with Crippen LogP contribution in [-0.2, 0) is 23.0 Å². The number of fused-ring (bicyclic) bond motifs is 1. The fraction of sp³-hybridized carbons (Fsp3) is 0.350. The summed E-state index contributed by atoms with van der Waals surface area (Å²) in [4.78, 5) is 22.3. The summed E-state index contributed by atoms with van der Waals surface area (Å²) in [7, 11) is -0.526. The topological polar surface area (TPSA) is 128 Å². The lowest BCUT2D eigenvalue weighted by Crippen LogP contribution is -2.40. The Bertz CT molecular complexity index is 1080. The number of carbonyl (C=O) groups excluding carboxylic acids is 1. The van der Waals surface area contributed by atoms with E-state index in [4.69, 9.17) is 9.47 Å². The molecule has 0 bridgehead atoms. The van der Waals surface area contributed by atoms with Gasteiger partial charge in [0.05, 0.1) is 24.9 Å². The van der Waals surface area contributed by atoms with E-state index in [-0.39, 0.29) is 30.1 Å². The Kier molecular flexibility index (Phi) is 6.76. The second-order valence-electron chi connectivity index (χ2n) is 6.94. The summed E-state index contributed by atoms with van der Waals surface area (Å²) in [5.41, 5.74) is 1.95. The molecule has 1 aliphatic heterocycles. The molecular formula is C20H23N3O7S. The van der Waals surface area contributed by atoms with E-state index in [9.17, 15) is 23.3 Å². The maximum atomic E-state index is 12.8. The van der Waals surface area contributed by atoms with E-state index < -0.39 is 20.9 Å². The lowest BCUT2D eigenvalue weighted by atomic mass is 10.0. The number of benzene rings is 2. The van der Waals surface area contributed by atoms with Crippen LogP contribution in [0.4, 0.5) is 5.69 Å². The highest BCUT2D eigenvalue weighted by Gasteiger charge is 2.28. The molecule has 10 nitrogen and oxygen atoms in total. The van der Waals surface area contributed by atoms with Crippen molar-refractivity contribution in [3.8, 4) is 11.5 Å². The Morgan fingerprint density at radius 1 is 1.13 bits per heavy atom. The van der Waals surface area contributed by atoms with E-state index in [1.54, 1.807) is 13.2 Å². The van der Waals surface area contributed by atoms with Crippen LogP contribution in [0.5, 0.6) is 11.5 Å². The Hall–Kier alpha value is -3.18. The van der Waals surface area contributed by atoms with Crippen LogP contribution in [0.2, 0.25) is 0 Å². The lowest BCUT2D eigenvalue weighted by molar-refractivity contribution is -0.384. The third-order valence-electron chi connectivity index (χ3n) is 5.06. The number of hydrogen-bond donors (Lipinski definition) is 1. The second-order valence-corrected chi connectivity index (χ2v) is 9.02. The van der Waals surface area contributed by atoms with Crippen LogP contribution < -0.4 is 14.8 Å². The number of carbonyl (C=O) groups is 1. The summed E-state index contributed by atoms with van der Waals surface area (Å²) in [5.74, 6) is 0.391. The average molecular weight is 449 g/mol. The molecule has 0 aliphatic carbocycles. The maximum Gasteiger partial charge on any atom is 0.269 e. The molecule has 1 heterocycles. The van der Waals surface area contributed by atoms with E-state index >= 15 is 0 Å². The van der Waals surface area contributed by atoms with Gasteiger partial charge in [-0.05, 0) is 41.8 Å². The van der Waals surface area contributed by atoms with Gasteiger partial charge in [-0.2, -0.15) is 4.31 Å². The normalized spacial score (nSPS) is 13.9. The van der Waals surface area contributed by atoms with Gasteiger partial charge in [-0.3, -0.25) is 14.9 Å². The highest BCUT2D eigenvalue weighted by Crippen LogP contribution is 2.33. The number of sulfonamides is 1. The zero-order valence-corrected chi connectivity index (χ0v) is 18.0. The van der Waals surface area contributed by atoms with Gasteiger partial charge < -0.3 is 14.8 Å². The van der Waals surface area contributed by atoms with Crippen molar-refractivity contribution in [1.29, 1.82) is 0 Å². The SMILES string of the molecule is COc1cc2c(cc1OC)CN(S(=O)(=O)CCNC(=O)c1ccc([N+](=O)[O-])cc1)CC2. The fourth-order valence-corrected chi connectivity index (χ4v) is 4.68. The molecule has 166 valence electrons. The van der Waals surface area contributed by atoms with Gasteiger partial charge in [0.2, 0.25) is 10.0 Å². The van der Waals surface area contributed by atoms with Gasteiger partial charge in [0.15, 0.2) is 11.5 Å². The molecule has 0 saturated heterocycles. The van der Waals surface area contributed by atoms with Gasteiger partial charge in [-0.1, -0.05) is 0 Å². The third kappa shape index (κ3) is 5.12. The first-order valence-corrected chi connectivity index (χ1v) is 11.1. The van der Waals surface area contributed by atoms with Crippen LogP contribution in [0.25, 0.3) is 0 Å². The first-order chi connectivity index (χ1) is 14.7. The van der Waals surface area contributed by atoms with Crippen molar-refractivity contribution in [2.75, 3.05) is 33.1 Å². The number of amides is 1. The molecule has 0 saturated carbocycles. The molecular weight excluding hydrogens is 426 g/mol. The van der Waals surface area contributed by atoms with Crippen LogP contribution in [0.3, 0.4) is 0 Å². The molecule has 11 heteroatoms. The Morgan fingerprint density at radius 2 is 1.74 bits per heavy atom. The number of hydrogen-bond acceptors (Lipinski definition) is 7. The Morgan fingerprint density at radius 3 is 2.32 bits per heavy atom. The minimum Gasteiger partial charge on any atom is -0.493 e. The molecule has 0 spiro atoms. The van der Waals surface area contributed by atoms with Gasteiger partial charge >= 0.3 is 0 Å². The van der Waals surface area contributed by atoms with Crippen molar-refractivity contribution in [3.05, 3.63) is 63.2 Å². The van der Waals surface area contributed by atoms with Crippen LogP contribution in [0.1, 0.15) is 21.5 Å². The molecule has 2 aromatic rings. The summed E-state index contributed by atoms with van der Waals surface area (Å²) in [6.07, 6.45) is 0.546. The van der Waals surface area contributed by atoms with Gasteiger partial charge in [-0.25, -0.2) is 8.42 Å². The summed E-state index contributed by atoms with van der Waals surface area (Å²) >= 11 is 0. The molecule has 1 amide bonds. The van der Waals surface area contributed by atoms with E-state index in [1.165, 1.54) is 35.7 Å². The molecule has 3 rings (SSSR count). The lowest BCUT2D eigenvalue weighted by Gasteiger charge is -2.29. The predicted molar refractivity (Wildman–Crippen MR) is 113 cm³/mol. The minimum absolute atomic E-state index is 0.0759. The fourth-order valence-electron chi connectivity index (χ4n) is 3.35. The van der Waals surface area contributed by atoms with E-state index in [2.05, 4.69) is 5.32 Å². The Labute approximate surface area is 180 Å². The van der Waals surface area contributed by atoms with Crippen molar-refractivity contribution in [1.82, 2.24) is 9.62 Å². The molecule has 0 unspecified atom stereocenters. The van der Waals surface area contributed by atoms with E-state index in [1.807, 2.05) is 6.07 Å². The van der Waals surface area contributed by atoms with Crippen LogP contribution in [-0.4, -0.2) is 56.6 Å². The largest absolute Gasteiger partial charge is 0.493 e. The molecule has 0 fully saturated rings. The van der Waals surface area contributed by atoms with E-state index in [0.29, 0.717) is 24.5 Å². The number of rotatable bonds is 8. The maximum absolute atomic E-state index is 12.8. The smallest absolute Gasteiger partial charge is 0.269 e. The van der Waals surface area contributed by atoms with Crippen LogP contribution >= 0.6 is 0 Å². The van der Waals surface area contributed by atoms with E-state index in [0.717, 1.165) is 11.1 Å². The molecule has 0 aromatic heterocycles. The second kappa shape index (κ2) is 9.31. The summed E-state index contributed by atoms with van der Waals surface area (Å²) in [6.45, 7) is 0.475. The highest BCUT2D eigenvalue weighted by molar-refractivity contribution is 7.89. The first-order valence-electron chi connectivity index (χ1n) is 9.49. The average Bonchev–Trinajstić information content (AvgIpc) is 2.77. The molecule has 0 radical (unpaired) electrons. The summed E-state index contributed by atoms with van der Waals surface area (Å²) in [5, 5.41) is 13.2. The number of nitrogens with zero attached hydrogens (tertiary/aromatic N) is 2. The standard InChI is InChI=1S/C20H23N3O7S/c1-29-18-11-15-7-9-22(13-16(15)12-19(18)30-2)31(27,28)10-8-21-20(24)14-3-5-17(6-4-14)23(25)26/h3-6,11-12H,7-10,13H2,1-2H3,(H,21,24). The molecule has 1 N–H and O–H groups in total. The number of ether oxygens (including phenoxy) is 2. The molecule has 2 aromatic carbocycles. The molecule has 31 heavy (non-hydrogen) atoms. The molecule has 0 atom stereocenters. The van der Waals surface area contributed by atoms with Gasteiger partial charge in [-0.15, -0.1) is 0 Å². The van der Waals surface area contributed by atoms with Crippen molar-refractivity contribution in [3.63, 3.8) is 0 Å². The molecule has 1 aliphatic rings. The van der Waals surface area contributed by atoms with Crippen molar-refractivity contribution < 1.29 is 27.6 Å². The third-order valence-corrected chi connectivity index (χ3v) is 6.88. The zero-order chi connectivity index (χ0) is 22.6.